The molecule has 1 aromatic heterocycles. The number of hydrogen-bond donors (Lipinski definition) is 1. The predicted molar refractivity (Wildman–Crippen MR) is 129 cm³/mol. The van der Waals surface area contributed by atoms with E-state index in [1.807, 2.05) is 36.4 Å². The third-order valence-electron chi connectivity index (χ3n) is 6.83. The highest BCUT2D eigenvalue weighted by atomic mass is 16.2. The van der Waals surface area contributed by atoms with E-state index >= 15 is 0 Å². The molecule has 0 bridgehead atoms. The first-order valence-corrected chi connectivity index (χ1v) is 11.3. The van der Waals surface area contributed by atoms with Crippen LogP contribution in [-0.2, 0) is 21.5 Å². The van der Waals surface area contributed by atoms with Gasteiger partial charge < -0.3 is 20.1 Å². The number of fused-ring (bicyclic) bond motifs is 1. The van der Waals surface area contributed by atoms with E-state index in [0.29, 0.717) is 18.8 Å². The summed E-state index contributed by atoms with van der Waals surface area (Å²) < 4.78 is 2.11. The van der Waals surface area contributed by atoms with Crippen LogP contribution in [0.1, 0.15) is 37.2 Å². The fraction of sp³-hybridized carbons (Fsp3) is 0.346. The van der Waals surface area contributed by atoms with Crippen LogP contribution in [0.4, 0.5) is 17.1 Å². The third-order valence-corrected chi connectivity index (χ3v) is 6.83. The molecule has 2 N–H and O–H groups in total. The monoisotopic (exact) mass is 443 g/mol. The van der Waals surface area contributed by atoms with Crippen molar-refractivity contribution in [2.45, 2.75) is 39.2 Å². The van der Waals surface area contributed by atoms with E-state index in [1.54, 1.807) is 17.0 Å². The number of aryl methyl sites for hydroxylation is 1. The van der Waals surface area contributed by atoms with Gasteiger partial charge >= 0.3 is 0 Å². The Hall–Kier alpha value is -3.61. The predicted octanol–water partition coefficient (Wildman–Crippen LogP) is 3.50. The van der Waals surface area contributed by atoms with Gasteiger partial charge in [0, 0.05) is 60.9 Å². The Morgan fingerprint density at radius 1 is 1.21 bits per heavy atom. The second-order valence-electron chi connectivity index (χ2n) is 9.76. The highest BCUT2D eigenvalue weighted by Crippen LogP contribution is 2.42. The first-order valence-electron chi connectivity index (χ1n) is 11.3. The zero-order chi connectivity index (χ0) is 23.3. The van der Waals surface area contributed by atoms with Crippen LogP contribution in [-0.4, -0.2) is 34.5 Å². The van der Waals surface area contributed by atoms with Crippen molar-refractivity contribution in [1.82, 2.24) is 9.55 Å². The smallest absolute Gasteiger partial charge is 0.232 e. The molecule has 3 aromatic rings. The molecule has 1 atom stereocenters. The van der Waals surface area contributed by atoms with Crippen molar-refractivity contribution in [2.75, 3.05) is 28.6 Å². The SMILES string of the molecule is Cc1nccn1Cc1ccc2c(c1)C(C)(C)CN2C(=O)[C@H]1CC(=O)N(c2cccc(N)c2)C1. The molecule has 2 aromatic carbocycles. The van der Waals surface area contributed by atoms with Gasteiger partial charge in [-0.3, -0.25) is 9.59 Å². The largest absolute Gasteiger partial charge is 0.399 e. The lowest BCUT2D eigenvalue weighted by Gasteiger charge is -2.23. The summed E-state index contributed by atoms with van der Waals surface area (Å²) in [7, 11) is 0. The molecular weight excluding hydrogens is 414 g/mol. The van der Waals surface area contributed by atoms with E-state index in [1.165, 1.54) is 11.1 Å². The third kappa shape index (κ3) is 3.77. The second-order valence-corrected chi connectivity index (χ2v) is 9.76. The van der Waals surface area contributed by atoms with E-state index in [2.05, 4.69) is 41.6 Å². The van der Waals surface area contributed by atoms with E-state index < -0.39 is 0 Å². The summed E-state index contributed by atoms with van der Waals surface area (Å²) in [6.07, 6.45) is 4.01. The molecule has 0 saturated carbocycles. The number of rotatable bonds is 4. The van der Waals surface area contributed by atoms with Crippen LogP contribution in [0.15, 0.2) is 54.9 Å². The molecule has 7 nitrogen and oxygen atoms in total. The highest BCUT2D eigenvalue weighted by molar-refractivity contribution is 6.05. The van der Waals surface area contributed by atoms with Crippen molar-refractivity contribution < 1.29 is 9.59 Å². The summed E-state index contributed by atoms with van der Waals surface area (Å²) in [5, 5.41) is 0. The molecule has 0 unspecified atom stereocenters. The maximum absolute atomic E-state index is 13.6. The average molecular weight is 444 g/mol. The van der Waals surface area contributed by atoms with Crippen LogP contribution in [0, 0.1) is 12.8 Å². The second kappa shape index (κ2) is 7.76. The number of carbonyl (C=O) groups is 2. The molecule has 170 valence electrons. The van der Waals surface area contributed by atoms with Crippen LogP contribution in [0.5, 0.6) is 0 Å². The molecule has 1 fully saturated rings. The van der Waals surface area contributed by atoms with E-state index in [9.17, 15) is 9.59 Å². The number of hydrogen-bond acceptors (Lipinski definition) is 4. The molecule has 2 aliphatic heterocycles. The molecule has 2 aliphatic rings. The van der Waals surface area contributed by atoms with Gasteiger partial charge in [-0.15, -0.1) is 0 Å². The van der Waals surface area contributed by atoms with Gasteiger partial charge in [0.2, 0.25) is 11.8 Å². The number of nitrogen functional groups attached to an aromatic ring is 1. The molecular formula is C26H29N5O2. The molecule has 33 heavy (non-hydrogen) atoms. The maximum atomic E-state index is 13.6. The minimum absolute atomic E-state index is 0.0137. The van der Waals surface area contributed by atoms with Gasteiger partial charge in [0.15, 0.2) is 0 Å². The first-order chi connectivity index (χ1) is 15.7. The van der Waals surface area contributed by atoms with Gasteiger partial charge in [-0.05, 0) is 42.3 Å². The van der Waals surface area contributed by atoms with Gasteiger partial charge in [0.1, 0.15) is 5.82 Å². The number of carbonyl (C=O) groups excluding carboxylic acids is 2. The molecule has 0 aliphatic carbocycles. The summed E-state index contributed by atoms with van der Waals surface area (Å²) in [6.45, 7) is 8.07. The Labute approximate surface area is 193 Å². The minimum Gasteiger partial charge on any atom is -0.399 e. The van der Waals surface area contributed by atoms with Crippen molar-refractivity contribution in [3.8, 4) is 0 Å². The average Bonchev–Trinajstić information content (AvgIpc) is 3.44. The summed E-state index contributed by atoms with van der Waals surface area (Å²) in [4.78, 5) is 34.2. The molecule has 7 heteroatoms. The van der Waals surface area contributed by atoms with Crippen LogP contribution in [0.3, 0.4) is 0 Å². The Balaban J connectivity index is 1.38. The number of amides is 2. The Morgan fingerprint density at radius 2 is 2.03 bits per heavy atom. The van der Waals surface area contributed by atoms with Crippen molar-refractivity contribution in [1.29, 1.82) is 0 Å². The van der Waals surface area contributed by atoms with E-state index in [4.69, 9.17) is 5.73 Å². The Morgan fingerprint density at radius 3 is 2.76 bits per heavy atom. The zero-order valence-corrected chi connectivity index (χ0v) is 19.3. The van der Waals surface area contributed by atoms with Crippen LogP contribution < -0.4 is 15.5 Å². The maximum Gasteiger partial charge on any atom is 0.232 e. The van der Waals surface area contributed by atoms with Crippen LogP contribution in [0.25, 0.3) is 0 Å². The normalized spacial score (nSPS) is 19.2. The fourth-order valence-corrected chi connectivity index (χ4v) is 5.02. The van der Waals surface area contributed by atoms with Crippen molar-refractivity contribution in [3.05, 3.63) is 71.8 Å². The Bertz CT molecular complexity index is 1240. The van der Waals surface area contributed by atoms with Crippen molar-refractivity contribution >= 4 is 28.9 Å². The molecule has 3 heterocycles. The summed E-state index contributed by atoms with van der Waals surface area (Å²) in [6, 6.07) is 13.6. The number of benzene rings is 2. The topological polar surface area (TPSA) is 84.5 Å². The molecule has 5 rings (SSSR count). The first kappa shape index (κ1) is 21.2. The fourth-order valence-electron chi connectivity index (χ4n) is 5.02. The molecule has 0 spiro atoms. The van der Waals surface area contributed by atoms with Gasteiger partial charge in [-0.2, -0.15) is 0 Å². The molecule has 2 amide bonds. The zero-order valence-electron chi connectivity index (χ0n) is 19.3. The number of imidazole rings is 1. The number of anilines is 3. The lowest BCUT2D eigenvalue weighted by atomic mass is 9.86. The minimum atomic E-state index is -0.367. The number of nitrogens with zero attached hydrogens (tertiary/aromatic N) is 4. The molecule has 1 saturated heterocycles. The van der Waals surface area contributed by atoms with Crippen LogP contribution in [0.2, 0.25) is 0 Å². The summed E-state index contributed by atoms with van der Waals surface area (Å²) in [5.74, 6) is 0.583. The number of nitrogens with two attached hydrogens (primary N) is 1. The van der Waals surface area contributed by atoms with Gasteiger partial charge in [-0.1, -0.05) is 32.0 Å². The van der Waals surface area contributed by atoms with E-state index in [-0.39, 0.29) is 29.6 Å². The highest BCUT2D eigenvalue weighted by Gasteiger charge is 2.43. The van der Waals surface area contributed by atoms with Gasteiger partial charge in [0.05, 0.1) is 5.92 Å². The summed E-state index contributed by atoms with van der Waals surface area (Å²) >= 11 is 0. The lowest BCUT2D eigenvalue weighted by molar-refractivity contribution is -0.124. The van der Waals surface area contributed by atoms with Crippen molar-refractivity contribution in [3.63, 3.8) is 0 Å². The summed E-state index contributed by atoms with van der Waals surface area (Å²) in [5.41, 5.74) is 10.4. The van der Waals surface area contributed by atoms with E-state index in [0.717, 1.165) is 23.7 Å². The Kier molecular flexibility index (Phi) is 5.00. The van der Waals surface area contributed by atoms with Crippen molar-refractivity contribution in [2.24, 2.45) is 5.92 Å². The quantitative estimate of drug-likeness (QED) is 0.626. The van der Waals surface area contributed by atoms with Gasteiger partial charge in [0.25, 0.3) is 0 Å². The lowest BCUT2D eigenvalue weighted by Crippen LogP contribution is -2.39. The van der Waals surface area contributed by atoms with Crippen LogP contribution >= 0.6 is 0 Å². The van der Waals surface area contributed by atoms with Gasteiger partial charge in [-0.25, -0.2) is 4.98 Å². The standard InChI is InChI=1S/C26H29N5O2/c1-17-28-9-10-29(17)14-18-7-8-23-22(11-18)26(2,3)16-31(23)25(33)19-12-24(32)30(15-19)21-6-4-5-20(27)13-21/h4-11,13,19H,12,14-16,27H2,1-3H3/t19-/m0/s1. The molecule has 0 radical (unpaired) electrons. The number of aromatic nitrogens is 2.